The third-order valence-corrected chi connectivity index (χ3v) is 2.38. The van der Waals surface area contributed by atoms with Crippen molar-refractivity contribution < 1.29 is 19.8 Å². The number of pyridine rings is 1. The number of hydrogen-bond donors (Lipinski definition) is 3. The molecule has 0 aliphatic carbocycles. The van der Waals surface area contributed by atoms with E-state index in [1.54, 1.807) is 0 Å². The topological polar surface area (TPSA) is 125 Å². The highest BCUT2D eigenvalue weighted by Gasteiger charge is 2.14. The van der Waals surface area contributed by atoms with E-state index >= 15 is 0 Å². The van der Waals surface area contributed by atoms with Crippen LogP contribution in [0.2, 0.25) is 0 Å². The zero-order valence-electron chi connectivity index (χ0n) is 10.1. The second-order valence-electron chi connectivity index (χ2n) is 3.80. The molecule has 2 aromatic heterocycles. The summed E-state index contributed by atoms with van der Waals surface area (Å²) in [4.78, 5) is 33.4. The van der Waals surface area contributed by atoms with Crippen molar-refractivity contribution in [3.8, 4) is 16.9 Å². The lowest BCUT2D eigenvalue weighted by molar-refractivity contribution is -0.135. The Morgan fingerprint density at radius 1 is 1.15 bits per heavy atom. The maximum atomic E-state index is 11.6. The van der Waals surface area contributed by atoms with Crippen molar-refractivity contribution >= 4 is 11.9 Å². The van der Waals surface area contributed by atoms with Crippen LogP contribution >= 0.6 is 0 Å². The summed E-state index contributed by atoms with van der Waals surface area (Å²) < 4.78 is 0. The molecule has 0 fully saturated rings. The summed E-state index contributed by atoms with van der Waals surface area (Å²) >= 11 is 0. The van der Waals surface area contributed by atoms with Crippen LogP contribution in [0.4, 0.5) is 0 Å². The molecule has 8 nitrogen and oxygen atoms in total. The second kappa shape index (κ2) is 5.74. The van der Waals surface area contributed by atoms with Gasteiger partial charge in [0.2, 0.25) is 0 Å². The van der Waals surface area contributed by atoms with Crippen LogP contribution in [0, 0.1) is 0 Å². The highest BCUT2D eigenvalue weighted by atomic mass is 16.4. The number of nitrogens with one attached hydrogen (secondary N) is 1. The molecule has 3 N–H and O–H groups in total. The van der Waals surface area contributed by atoms with E-state index in [4.69, 9.17) is 5.11 Å². The predicted octanol–water partition coefficient (Wildman–Crippen LogP) is 0.0586. The summed E-state index contributed by atoms with van der Waals surface area (Å²) in [6, 6.07) is 1.33. The molecule has 0 atom stereocenters. The Balaban J connectivity index is 2.22. The SMILES string of the molecule is O=C(O)CNC(=O)c1ncc(-c2cncnc2)cc1O. The van der Waals surface area contributed by atoms with Crippen molar-refractivity contribution in [1.29, 1.82) is 0 Å². The van der Waals surface area contributed by atoms with Crippen molar-refractivity contribution in [2.24, 2.45) is 0 Å². The van der Waals surface area contributed by atoms with E-state index < -0.39 is 18.4 Å². The van der Waals surface area contributed by atoms with E-state index in [0.29, 0.717) is 11.1 Å². The minimum atomic E-state index is -1.18. The number of carboxylic acids is 1. The number of aromatic nitrogens is 3. The molecule has 0 saturated heterocycles. The number of aliphatic carboxylic acids is 1. The number of carboxylic acid groups (broad SMARTS) is 1. The first-order valence-corrected chi connectivity index (χ1v) is 5.52. The van der Waals surface area contributed by atoms with E-state index in [1.807, 2.05) is 0 Å². The maximum Gasteiger partial charge on any atom is 0.322 e. The lowest BCUT2D eigenvalue weighted by Gasteiger charge is -2.06. The van der Waals surface area contributed by atoms with Crippen LogP contribution in [0.25, 0.3) is 11.1 Å². The van der Waals surface area contributed by atoms with Crippen LogP contribution in [-0.2, 0) is 4.79 Å². The number of carbonyl (C=O) groups excluding carboxylic acids is 1. The van der Waals surface area contributed by atoms with Gasteiger partial charge in [-0.3, -0.25) is 9.59 Å². The Morgan fingerprint density at radius 2 is 1.85 bits per heavy atom. The van der Waals surface area contributed by atoms with Gasteiger partial charge in [0.1, 0.15) is 18.6 Å². The van der Waals surface area contributed by atoms with Gasteiger partial charge in [-0.05, 0) is 6.07 Å². The number of amides is 1. The zero-order valence-corrected chi connectivity index (χ0v) is 10.1. The molecule has 2 rings (SSSR count). The summed E-state index contributed by atoms with van der Waals surface area (Å²) in [5.74, 6) is -2.30. The van der Waals surface area contributed by atoms with Gasteiger partial charge in [-0.2, -0.15) is 0 Å². The van der Waals surface area contributed by atoms with Gasteiger partial charge in [0, 0.05) is 29.7 Å². The lowest BCUT2D eigenvalue weighted by Crippen LogP contribution is -2.29. The van der Waals surface area contributed by atoms with Crippen LogP contribution in [0.1, 0.15) is 10.5 Å². The molecule has 1 amide bonds. The maximum absolute atomic E-state index is 11.6. The molecule has 20 heavy (non-hydrogen) atoms. The summed E-state index contributed by atoms with van der Waals surface area (Å²) in [6.45, 7) is -0.547. The Hall–Kier alpha value is -3.03. The fourth-order valence-electron chi connectivity index (χ4n) is 1.47. The van der Waals surface area contributed by atoms with Crippen molar-refractivity contribution in [3.05, 3.63) is 36.7 Å². The van der Waals surface area contributed by atoms with Crippen molar-refractivity contribution in [2.75, 3.05) is 6.54 Å². The summed E-state index contributed by atoms with van der Waals surface area (Å²) in [6.07, 6.45) is 5.81. The van der Waals surface area contributed by atoms with Gasteiger partial charge in [-0.25, -0.2) is 15.0 Å². The van der Waals surface area contributed by atoms with Crippen molar-refractivity contribution in [3.63, 3.8) is 0 Å². The number of carbonyl (C=O) groups is 2. The zero-order chi connectivity index (χ0) is 14.5. The minimum absolute atomic E-state index is 0.244. The second-order valence-corrected chi connectivity index (χ2v) is 3.80. The molecular weight excluding hydrogens is 264 g/mol. The first-order valence-electron chi connectivity index (χ1n) is 5.52. The largest absolute Gasteiger partial charge is 0.505 e. The molecule has 0 radical (unpaired) electrons. The van der Waals surface area contributed by atoms with Crippen LogP contribution in [0.5, 0.6) is 5.75 Å². The van der Waals surface area contributed by atoms with Crippen LogP contribution in [-0.4, -0.2) is 43.6 Å². The molecule has 0 aromatic carbocycles. The minimum Gasteiger partial charge on any atom is -0.505 e. The third-order valence-electron chi connectivity index (χ3n) is 2.38. The molecular formula is C12H10N4O4. The average molecular weight is 274 g/mol. The molecule has 0 unspecified atom stereocenters. The fourth-order valence-corrected chi connectivity index (χ4v) is 1.47. The quantitative estimate of drug-likeness (QED) is 0.719. The molecule has 0 spiro atoms. The summed E-state index contributed by atoms with van der Waals surface area (Å²) in [5.41, 5.74) is 0.928. The molecule has 2 heterocycles. The van der Waals surface area contributed by atoms with Gasteiger partial charge in [-0.15, -0.1) is 0 Å². The Bertz CT molecular complexity index is 645. The standard InChI is InChI=1S/C12H10N4O4/c17-9-1-7(8-2-13-6-14-3-8)4-15-11(9)12(20)16-5-10(18)19/h1-4,6,17H,5H2,(H,16,20)(H,18,19). The van der Waals surface area contributed by atoms with Crippen LogP contribution < -0.4 is 5.32 Å². The highest BCUT2D eigenvalue weighted by Crippen LogP contribution is 2.23. The number of aromatic hydroxyl groups is 1. The normalized spacial score (nSPS) is 10.0. The molecule has 102 valence electrons. The third kappa shape index (κ3) is 3.05. The number of hydrogen-bond acceptors (Lipinski definition) is 6. The van der Waals surface area contributed by atoms with Crippen LogP contribution in [0.15, 0.2) is 31.0 Å². The molecule has 0 aliphatic heterocycles. The van der Waals surface area contributed by atoms with Gasteiger partial charge < -0.3 is 15.5 Å². The van der Waals surface area contributed by atoms with E-state index in [-0.39, 0.29) is 11.4 Å². The van der Waals surface area contributed by atoms with E-state index in [9.17, 15) is 14.7 Å². The van der Waals surface area contributed by atoms with Crippen molar-refractivity contribution in [2.45, 2.75) is 0 Å². The van der Waals surface area contributed by atoms with E-state index in [2.05, 4.69) is 20.3 Å². The molecule has 8 heteroatoms. The molecule has 0 aliphatic rings. The lowest BCUT2D eigenvalue weighted by atomic mass is 10.1. The van der Waals surface area contributed by atoms with Gasteiger partial charge in [0.05, 0.1) is 0 Å². The van der Waals surface area contributed by atoms with Crippen molar-refractivity contribution in [1.82, 2.24) is 20.3 Å². The van der Waals surface area contributed by atoms with Gasteiger partial charge in [-0.1, -0.05) is 0 Å². The van der Waals surface area contributed by atoms with Gasteiger partial charge in [0.25, 0.3) is 5.91 Å². The van der Waals surface area contributed by atoms with Gasteiger partial charge >= 0.3 is 5.97 Å². The average Bonchev–Trinajstić information content (AvgIpc) is 2.45. The Morgan fingerprint density at radius 3 is 2.45 bits per heavy atom. The highest BCUT2D eigenvalue weighted by molar-refractivity contribution is 5.96. The fraction of sp³-hybridized carbons (Fsp3) is 0.0833. The molecule has 0 saturated carbocycles. The van der Waals surface area contributed by atoms with Crippen LogP contribution in [0.3, 0.4) is 0 Å². The molecule has 2 aromatic rings. The van der Waals surface area contributed by atoms with E-state index in [0.717, 1.165) is 0 Å². The van der Waals surface area contributed by atoms with E-state index in [1.165, 1.54) is 31.0 Å². The summed E-state index contributed by atoms with van der Waals surface area (Å²) in [7, 11) is 0. The summed E-state index contributed by atoms with van der Waals surface area (Å²) in [5, 5.41) is 20.3. The Labute approximate surface area is 113 Å². The first kappa shape index (κ1) is 13.4. The van der Waals surface area contributed by atoms with Gasteiger partial charge in [0.15, 0.2) is 5.69 Å². The predicted molar refractivity (Wildman–Crippen MR) is 66.9 cm³/mol. The first-order chi connectivity index (χ1) is 9.58. The Kier molecular flexibility index (Phi) is 3.85. The number of rotatable bonds is 4. The molecule has 0 bridgehead atoms. The number of nitrogens with zero attached hydrogens (tertiary/aromatic N) is 3. The monoisotopic (exact) mass is 274 g/mol. The smallest absolute Gasteiger partial charge is 0.322 e.